The molecule has 1 aliphatic heterocycles. The van der Waals surface area contributed by atoms with E-state index in [1.165, 1.54) is 4.90 Å². The van der Waals surface area contributed by atoms with Crippen LogP contribution in [0.4, 0.5) is 0 Å². The molecule has 0 saturated carbocycles. The molecule has 21 heavy (non-hydrogen) atoms. The van der Waals surface area contributed by atoms with Crippen molar-refractivity contribution in [3.63, 3.8) is 0 Å². The molecule has 1 aliphatic rings. The van der Waals surface area contributed by atoms with E-state index in [0.29, 0.717) is 5.56 Å². The number of nitrogens with zero attached hydrogens (tertiary/aromatic N) is 1. The lowest BCUT2D eigenvalue weighted by Crippen LogP contribution is -2.58. The Bertz CT molecular complexity index is 602. The van der Waals surface area contributed by atoms with E-state index in [9.17, 15) is 14.4 Å². The van der Waals surface area contributed by atoms with Gasteiger partial charge in [0.1, 0.15) is 12.6 Å². The van der Waals surface area contributed by atoms with Gasteiger partial charge >= 0.3 is 0 Å². The third-order valence-electron chi connectivity index (χ3n) is 3.65. The minimum Gasteiger partial charge on any atom is -0.318 e. The first-order chi connectivity index (χ1) is 9.71. The van der Waals surface area contributed by atoms with Gasteiger partial charge in [-0.25, -0.2) is 0 Å². The molecule has 112 valence electrons. The number of hydrogen-bond acceptors (Lipinski definition) is 3. The molecular formula is C16H20N2O3. The third-order valence-corrected chi connectivity index (χ3v) is 3.65. The monoisotopic (exact) mass is 288 g/mol. The Morgan fingerprint density at radius 2 is 1.86 bits per heavy atom. The lowest BCUT2D eigenvalue weighted by atomic mass is 9.83. The maximum atomic E-state index is 12.8. The Kier molecular flexibility index (Phi) is 3.85. The summed E-state index contributed by atoms with van der Waals surface area (Å²) in [5.74, 6) is -1.16. The van der Waals surface area contributed by atoms with Crippen molar-refractivity contribution in [3.8, 4) is 0 Å². The van der Waals surface area contributed by atoms with Crippen molar-refractivity contribution in [3.05, 3.63) is 35.4 Å². The van der Waals surface area contributed by atoms with Gasteiger partial charge in [-0.2, -0.15) is 0 Å². The summed E-state index contributed by atoms with van der Waals surface area (Å²) >= 11 is 0. The van der Waals surface area contributed by atoms with Crippen LogP contribution < -0.4 is 5.32 Å². The minimum atomic E-state index is -0.650. The van der Waals surface area contributed by atoms with Gasteiger partial charge in [0.15, 0.2) is 0 Å². The summed E-state index contributed by atoms with van der Waals surface area (Å²) < 4.78 is 0. The number of rotatable bonds is 1. The zero-order chi connectivity index (χ0) is 15.8. The number of hydrogen-bond donors (Lipinski definition) is 1. The lowest BCUT2D eigenvalue weighted by Gasteiger charge is -2.33. The van der Waals surface area contributed by atoms with Gasteiger partial charge in [-0.1, -0.05) is 39.0 Å². The van der Waals surface area contributed by atoms with E-state index >= 15 is 0 Å². The van der Waals surface area contributed by atoms with Gasteiger partial charge in [0.25, 0.3) is 5.91 Å². The molecule has 1 fully saturated rings. The summed E-state index contributed by atoms with van der Waals surface area (Å²) in [6, 6.07) is 6.67. The van der Waals surface area contributed by atoms with Crippen molar-refractivity contribution in [2.24, 2.45) is 0 Å². The molecule has 1 atom stereocenters. The normalized spacial score (nSPS) is 19.4. The van der Waals surface area contributed by atoms with Crippen molar-refractivity contribution >= 4 is 17.7 Å². The van der Waals surface area contributed by atoms with Crippen LogP contribution in [0.25, 0.3) is 0 Å². The molecule has 2 rings (SSSR count). The van der Waals surface area contributed by atoms with Crippen LogP contribution in [0.15, 0.2) is 24.3 Å². The van der Waals surface area contributed by atoms with Crippen LogP contribution >= 0.6 is 0 Å². The predicted octanol–water partition coefficient (Wildman–Crippen LogP) is 1.47. The second-order valence-corrected chi connectivity index (χ2v) is 6.32. The Morgan fingerprint density at radius 3 is 2.48 bits per heavy atom. The van der Waals surface area contributed by atoms with Gasteiger partial charge in [-0.15, -0.1) is 0 Å². The molecule has 0 radical (unpaired) electrons. The molecule has 0 aromatic heterocycles. The number of imide groups is 1. The Labute approximate surface area is 124 Å². The van der Waals surface area contributed by atoms with Crippen molar-refractivity contribution in [1.29, 1.82) is 0 Å². The van der Waals surface area contributed by atoms with Crippen LogP contribution in [-0.4, -0.2) is 35.2 Å². The number of carbonyl (C=O) groups is 3. The first kappa shape index (κ1) is 15.2. The second kappa shape index (κ2) is 5.31. The molecule has 1 N–H and O–H groups in total. The topological polar surface area (TPSA) is 66.5 Å². The fourth-order valence-electron chi connectivity index (χ4n) is 2.44. The van der Waals surface area contributed by atoms with E-state index in [-0.39, 0.29) is 17.9 Å². The summed E-state index contributed by atoms with van der Waals surface area (Å²) in [6.45, 7) is 7.60. The molecule has 1 unspecified atom stereocenters. The summed E-state index contributed by atoms with van der Waals surface area (Å²) in [5.41, 5.74) is 1.25. The van der Waals surface area contributed by atoms with Gasteiger partial charge in [0, 0.05) is 5.56 Å². The van der Waals surface area contributed by atoms with Crippen LogP contribution in [-0.2, 0) is 15.0 Å². The maximum absolute atomic E-state index is 12.8. The van der Waals surface area contributed by atoms with E-state index in [1.807, 2.05) is 32.9 Å². The molecule has 1 aromatic carbocycles. The lowest BCUT2D eigenvalue weighted by molar-refractivity contribution is -0.138. The maximum Gasteiger partial charge on any atom is 0.255 e. The molecule has 1 aromatic rings. The van der Waals surface area contributed by atoms with Gasteiger partial charge < -0.3 is 4.90 Å². The molecule has 1 saturated heterocycles. The van der Waals surface area contributed by atoms with Gasteiger partial charge in [0.2, 0.25) is 11.8 Å². The Balaban J connectivity index is 2.41. The standard InChI is InChI=1S/C16H20N2O3/c1-10-14(20)17-13(19)9-18(10)15(21)11-7-5-6-8-12(11)16(2,3)4/h5-8,10H,9H2,1-4H3,(H,17,19,20). The number of amides is 3. The average molecular weight is 288 g/mol. The molecule has 0 spiro atoms. The van der Waals surface area contributed by atoms with Gasteiger partial charge in [-0.3, -0.25) is 19.7 Å². The zero-order valence-corrected chi connectivity index (χ0v) is 12.8. The van der Waals surface area contributed by atoms with Crippen molar-refractivity contribution < 1.29 is 14.4 Å². The summed E-state index contributed by atoms with van der Waals surface area (Å²) in [6.07, 6.45) is 0. The number of nitrogens with one attached hydrogen (secondary N) is 1. The van der Waals surface area contributed by atoms with Crippen LogP contribution in [0.5, 0.6) is 0 Å². The van der Waals surface area contributed by atoms with Crippen LogP contribution in [0.2, 0.25) is 0 Å². The molecule has 0 bridgehead atoms. The first-order valence-electron chi connectivity index (χ1n) is 6.96. The fourth-order valence-corrected chi connectivity index (χ4v) is 2.44. The fraction of sp³-hybridized carbons (Fsp3) is 0.438. The molecule has 0 aliphatic carbocycles. The number of benzene rings is 1. The highest BCUT2D eigenvalue weighted by atomic mass is 16.2. The summed E-state index contributed by atoms with van der Waals surface area (Å²) in [5, 5.41) is 2.24. The largest absolute Gasteiger partial charge is 0.318 e. The highest BCUT2D eigenvalue weighted by Crippen LogP contribution is 2.27. The number of piperazine rings is 1. The first-order valence-corrected chi connectivity index (χ1v) is 6.96. The summed E-state index contributed by atoms with van der Waals surface area (Å²) in [7, 11) is 0. The number of carbonyl (C=O) groups excluding carboxylic acids is 3. The summed E-state index contributed by atoms with van der Waals surface area (Å²) in [4.78, 5) is 37.3. The van der Waals surface area contributed by atoms with E-state index in [2.05, 4.69) is 5.32 Å². The Morgan fingerprint density at radius 1 is 1.24 bits per heavy atom. The van der Waals surface area contributed by atoms with Crippen LogP contribution in [0.3, 0.4) is 0 Å². The molecule has 5 heteroatoms. The minimum absolute atomic E-state index is 0.0930. The Hall–Kier alpha value is -2.17. The van der Waals surface area contributed by atoms with Crippen molar-refractivity contribution in [2.45, 2.75) is 39.2 Å². The third kappa shape index (κ3) is 2.96. The van der Waals surface area contributed by atoms with Crippen molar-refractivity contribution in [2.75, 3.05) is 6.54 Å². The van der Waals surface area contributed by atoms with Crippen LogP contribution in [0, 0.1) is 0 Å². The quantitative estimate of drug-likeness (QED) is 0.796. The van der Waals surface area contributed by atoms with E-state index < -0.39 is 17.9 Å². The van der Waals surface area contributed by atoms with Crippen LogP contribution in [0.1, 0.15) is 43.6 Å². The average Bonchev–Trinajstić information content (AvgIpc) is 2.41. The second-order valence-electron chi connectivity index (χ2n) is 6.32. The highest BCUT2D eigenvalue weighted by Gasteiger charge is 2.35. The van der Waals surface area contributed by atoms with Crippen molar-refractivity contribution in [1.82, 2.24) is 10.2 Å². The molecule has 3 amide bonds. The molecular weight excluding hydrogens is 268 g/mol. The molecule has 5 nitrogen and oxygen atoms in total. The zero-order valence-electron chi connectivity index (χ0n) is 12.8. The SMILES string of the molecule is CC1C(=O)NC(=O)CN1C(=O)c1ccccc1C(C)(C)C. The predicted molar refractivity (Wildman–Crippen MR) is 78.8 cm³/mol. The van der Waals surface area contributed by atoms with Gasteiger partial charge in [-0.05, 0) is 24.0 Å². The van der Waals surface area contributed by atoms with E-state index in [0.717, 1.165) is 5.56 Å². The smallest absolute Gasteiger partial charge is 0.255 e. The van der Waals surface area contributed by atoms with E-state index in [4.69, 9.17) is 0 Å². The highest BCUT2D eigenvalue weighted by molar-refractivity contribution is 6.07. The van der Waals surface area contributed by atoms with Gasteiger partial charge in [0.05, 0.1) is 0 Å². The van der Waals surface area contributed by atoms with E-state index in [1.54, 1.807) is 19.1 Å². The molecule has 1 heterocycles.